The maximum Gasteiger partial charge on any atom is 0.243 e. The average molecular weight is 587 g/mol. The summed E-state index contributed by atoms with van der Waals surface area (Å²) in [6.07, 6.45) is 0. The molecule has 0 aliphatic carbocycles. The molecule has 0 amide bonds. The number of aromatic nitrogens is 2. The number of likely N-dealkylation sites (N-methyl/N-ethyl adjacent to an activating group) is 1. The Kier molecular flexibility index (Phi) is 7.62. The van der Waals surface area contributed by atoms with E-state index in [1.807, 2.05) is 18.5 Å². The first-order valence-corrected chi connectivity index (χ1v) is 16.3. The van der Waals surface area contributed by atoms with E-state index in [1.54, 1.807) is 62.4 Å². The number of nitrogens with one attached hydrogen (secondary N) is 2. The molecular formula is C26H30N6O4S3. The first kappa shape index (κ1) is 27.5. The van der Waals surface area contributed by atoms with Crippen LogP contribution in [0.1, 0.15) is 13.8 Å². The lowest BCUT2D eigenvalue weighted by Crippen LogP contribution is -2.46. The fraction of sp³-hybridized carbons (Fsp3) is 0.308. The number of nitrogens with zero attached hydrogens (tertiary/aromatic N) is 4. The third-order valence-corrected chi connectivity index (χ3v) is 11.6. The van der Waals surface area contributed by atoms with Crippen LogP contribution < -0.4 is 10.6 Å². The van der Waals surface area contributed by atoms with Crippen molar-refractivity contribution in [3.63, 3.8) is 0 Å². The minimum atomic E-state index is -3.57. The number of sulfone groups is 1. The number of anilines is 4. The summed E-state index contributed by atoms with van der Waals surface area (Å²) in [6.45, 7) is 5.63. The fourth-order valence-electron chi connectivity index (χ4n) is 4.22. The summed E-state index contributed by atoms with van der Waals surface area (Å²) in [4.78, 5) is 11.8. The van der Waals surface area contributed by atoms with E-state index in [4.69, 9.17) is 0 Å². The minimum absolute atomic E-state index is 0.204. The van der Waals surface area contributed by atoms with Gasteiger partial charge in [0.1, 0.15) is 0 Å². The molecule has 0 saturated carbocycles. The SMILES string of the molecule is CC(C)S(=O)(=O)c1ccccc1Nc1nc(Nc2ccc(S(=O)(=O)N3CCN(C)CC3)cc2)nc2ccsc12. The van der Waals surface area contributed by atoms with E-state index < -0.39 is 25.1 Å². The van der Waals surface area contributed by atoms with E-state index >= 15 is 0 Å². The molecule has 2 aromatic carbocycles. The van der Waals surface area contributed by atoms with E-state index in [-0.39, 0.29) is 9.79 Å². The van der Waals surface area contributed by atoms with Crippen molar-refractivity contribution in [2.45, 2.75) is 28.9 Å². The number of sulfonamides is 1. The zero-order chi connectivity index (χ0) is 27.8. The van der Waals surface area contributed by atoms with Crippen LogP contribution in [0, 0.1) is 0 Å². The van der Waals surface area contributed by atoms with Crippen LogP contribution in [0.2, 0.25) is 0 Å². The van der Waals surface area contributed by atoms with Gasteiger partial charge in [0.25, 0.3) is 0 Å². The van der Waals surface area contributed by atoms with Gasteiger partial charge in [0.15, 0.2) is 15.7 Å². The lowest BCUT2D eigenvalue weighted by Gasteiger charge is -2.31. The van der Waals surface area contributed by atoms with Gasteiger partial charge >= 0.3 is 0 Å². The quantitative estimate of drug-likeness (QED) is 0.311. The molecule has 39 heavy (non-hydrogen) atoms. The van der Waals surface area contributed by atoms with Crippen LogP contribution in [-0.4, -0.2) is 74.5 Å². The van der Waals surface area contributed by atoms with Crippen LogP contribution in [0.3, 0.4) is 0 Å². The number of hydrogen-bond donors (Lipinski definition) is 2. The van der Waals surface area contributed by atoms with Crippen molar-refractivity contribution in [3.05, 3.63) is 60.0 Å². The van der Waals surface area contributed by atoms with Crippen molar-refractivity contribution in [3.8, 4) is 0 Å². The summed E-state index contributed by atoms with van der Waals surface area (Å²) in [5.41, 5.74) is 1.75. The molecule has 1 fully saturated rings. The molecule has 0 atom stereocenters. The molecule has 1 aliphatic rings. The lowest BCUT2D eigenvalue weighted by atomic mass is 10.3. The van der Waals surface area contributed by atoms with Gasteiger partial charge in [-0.3, -0.25) is 0 Å². The predicted molar refractivity (Wildman–Crippen MR) is 155 cm³/mol. The number of hydrogen-bond acceptors (Lipinski definition) is 10. The molecule has 2 aromatic heterocycles. The predicted octanol–water partition coefficient (Wildman–Crippen LogP) is 4.30. The van der Waals surface area contributed by atoms with Crippen LogP contribution in [-0.2, 0) is 19.9 Å². The first-order valence-electron chi connectivity index (χ1n) is 12.5. The molecule has 206 valence electrons. The van der Waals surface area contributed by atoms with Gasteiger partial charge < -0.3 is 15.5 Å². The lowest BCUT2D eigenvalue weighted by molar-refractivity contribution is 0.222. The van der Waals surface area contributed by atoms with Crippen LogP contribution in [0.4, 0.5) is 23.1 Å². The minimum Gasteiger partial charge on any atom is -0.338 e. The standard InChI is InChI=1S/C26H30N6O4S3/c1-18(2)38(33,34)23-7-5-4-6-21(23)28-25-24-22(12-17-37-24)29-26(30-25)27-19-8-10-20(11-9-19)39(35,36)32-15-13-31(3)14-16-32/h4-12,17-18H,13-16H2,1-3H3,(H2,27,28,29,30). The molecule has 10 nitrogen and oxygen atoms in total. The highest BCUT2D eigenvalue weighted by atomic mass is 32.2. The van der Waals surface area contributed by atoms with E-state index in [2.05, 4.69) is 25.5 Å². The molecule has 1 aliphatic heterocycles. The number of piperazine rings is 1. The number of fused-ring (bicyclic) bond motifs is 1. The Bertz CT molecular complexity index is 1700. The first-order chi connectivity index (χ1) is 18.6. The van der Waals surface area contributed by atoms with Crippen molar-refractivity contribution >= 4 is 64.6 Å². The second-order valence-electron chi connectivity index (χ2n) is 9.60. The summed E-state index contributed by atoms with van der Waals surface area (Å²) in [5.74, 6) is 0.764. The molecule has 4 aromatic rings. The van der Waals surface area contributed by atoms with Gasteiger partial charge in [-0.25, -0.2) is 21.8 Å². The number of benzene rings is 2. The van der Waals surface area contributed by atoms with Crippen molar-refractivity contribution in [1.82, 2.24) is 19.2 Å². The van der Waals surface area contributed by atoms with Crippen molar-refractivity contribution in [2.24, 2.45) is 0 Å². The van der Waals surface area contributed by atoms with Gasteiger partial charge in [0.2, 0.25) is 16.0 Å². The molecule has 0 bridgehead atoms. The molecule has 5 rings (SSSR count). The van der Waals surface area contributed by atoms with Crippen molar-refractivity contribution < 1.29 is 16.8 Å². The Labute approximate surface area is 232 Å². The van der Waals surface area contributed by atoms with Crippen LogP contribution >= 0.6 is 11.3 Å². The Balaban J connectivity index is 1.41. The zero-order valence-corrected chi connectivity index (χ0v) is 24.3. The maximum absolute atomic E-state index is 13.1. The molecule has 0 unspecified atom stereocenters. The second-order valence-corrected chi connectivity index (χ2v) is 14.9. The van der Waals surface area contributed by atoms with Gasteiger partial charge in [0, 0.05) is 31.9 Å². The summed E-state index contributed by atoms with van der Waals surface area (Å²) < 4.78 is 54.3. The summed E-state index contributed by atoms with van der Waals surface area (Å²) >= 11 is 1.45. The van der Waals surface area contributed by atoms with E-state index in [0.717, 1.165) is 4.70 Å². The molecule has 2 N–H and O–H groups in total. The van der Waals surface area contributed by atoms with Crippen molar-refractivity contribution in [1.29, 1.82) is 0 Å². The Morgan fingerprint density at radius 1 is 0.872 bits per heavy atom. The third kappa shape index (κ3) is 5.63. The number of para-hydroxylation sites is 1. The van der Waals surface area contributed by atoms with Crippen LogP contribution in [0.15, 0.2) is 69.8 Å². The van der Waals surface area contributed by atoms with E-state index in [1.165, 1.54) is 15.6 Å². The summed E-state index contributed by atoms with van der Waals surface area (Å²) in [7, 11) is -5.12. The average Bonchev–Trinajstić information content (AvgIpc) is 3.38. The monoisotopic (exact) mass is 586 g/mol. The topological polar surface area (TPSA) is 125 Å². The highest BCUT2D eigenvalue weighted by Crippen LogP contribution is 2.33. The van der Waals surface area contributed by atoms with Gasteiger partial charge in [-0.15, -0.1) is 11.3 Å². The summed E-state index contributed by atoms with van der Waals surface area (Å²) in [6, 6.07) is 15.1. The highest BCUT2D eigenvalue weighted by molar-refractivity contribution is 7.92. The normalized spacial score (nSPS) is 15.6. The molecular weight excluding hydrogens is 557 g/mol. The Hall–Kier alpha value is -3.10. The fourth-order valence-corrected chi connectivity index (χ4v) is 7.62. The van der Waals surface area contributed by atoms with Crippen LogP contribution in [0.25, 0.3) is 10.2 Å². The van der Waals surface area contributed by atoms with Crippen molar-refractivity contribution in [2.75, 3.05) is 43.9 Å². The van der Waals surface area contributed by atoms with Gasteiger partial charge in [-0.1, -0.05) is 12.1 Å². The van der Waals surface area contributed by atoms with Gasteiger partial charge in [0.05, 0.1) is 30.9 Å². The molecule has 0 radical (unpaired) electrons. The van der Waals surface area contributed by atoms with Crippen LogP contribution in [0.5, 0.6) is 0 Å². The number of thiophene rings is 1. The smallest absolute Gasteiger partial charge is 0.243 e. The summed E-state index contributed by atoms with van der Waals surface area (Å²) in [5, 5.41) is 7.67. The maximum atomic E-state index is 13.1. The van der Waals surface area contributed by atoms with E-state index in [0.29, 0.717) is 54.8 Å². The number of rotatable bonds is 8. The molecule has 13 heteroatoms. The third-order valence-electron chi connectivity index (χ3n) is 6.58. The van der Waals surface area contributed by atoms with E-state index in [9.17, 15) is 16.8 Å². The largest absolute Gasteiger partial charge is 0.338 e. The second kappa shape index (κ2) is 10.8. The highest BCUT2D eigenvalue weighted by Gasteiger charge is 2.27. The molecule has 1 saturated heterocycles. The molecule has 3 heterocycles. The van der Waals surface area contributed by atoms with Gasteiger partial charge in [-0.05, 0) is 68.7 Å². The zero-order valence-electron chi connectivity index (χ0n) is 21.8. The Morgan fingerprint density at radius 3 is 2.26 bits per heavy atom. The Morgan fingerprint density at radius 2 is 1.56 bits per heavy atom. The van der Waals surface area contributed by atoms with Gasteiger partial charge in [-0.2, -0.15) is 9.29 Å². The molecule has 0 spiro atoms.